The maximum absolute atomic E-state index is 13.6. The topological polar surface area (TPSA) is 104 Å². The van der Waals surface area contributed by atoms with Gasteiger partial charge in [-0.2, -0.15) is 0 Å². The fraction of sp³-hybridized carbons (Fsp3) is 0.345. The Bertz CT molecular complexity index is 1380. The molecule has 1 aliphatic rings. The summed E-state index contributed by atoms with van der Waals surface area (Å²) in [5.41, 5.74) is 3.18. The molecule has 9 nitrogen and oxygen atoms in total. The highest BCUT2D eigenvalue weighted by Crippen LogP contribution is 2.29. The van der Waals surface area contributed by atoms with Crippen molar-refractivity contribution in [2.45, 2.75) is 26.3 Å². The third-order valence-corrected chi connectivity index (χ3v) is 6.56. The second kappa shape index (κ2) is 11.6. The van der Waals surface area contributed by atoms with E-state index in [0.717, 1.165) is 30.2 Å². The summed E-state index contributed by atoms with van der Waals surface area (Å²) in [7, 11) is 0. The van der Waals surface area contributed by atoms with Crippen LogP contribution in [-0.4, -0.2) is 64.3 Å². The lowest BCUT2D eigenvalue weighted by atomic mass is 10.0. The van der Waals surface area contributed by atoms with Crippen molar-refractivity contribution in [1.29, 1.82) is 0 Å². The number of aromatic nitrogens is 3. The molecule has 0 unspecified atom stereocenters. The molecular formula is C29H34N6O3. The molecule has 0 saturated carbocycles. The Kier molecular flexibility index (Phi) is 7.86. The molecule has 1 fully saturated rings. The van der Waals surface area contributed by atoms with E-state index in [9.17, 15) is 9.90 Å². The van der Waals surface area contributed by atoms with Crippen LogP contribution < -0.4 is 15.5 Å². The normalized spacial score (nSPS) is 14.6. The number of nitrogens with one attached hydrogen (secondary N) is 2. The number of carbonyl (C=O) groups is 1. The molecule has 0 spiro atoms. The fourth-order valence-corrected chi connectivity index (χ4v) is 4.78. The van der Waals surface area contributed by atoms with Gasteiger partial charge in [0.2, 0.25) is 0 Å². The lowest BCUT2D eigenvalue weighted by Gasteiger charge is -2.28. The van der Waals surface area contributed by atoms with Gasteiger partial charge in [-0.25, -0.2) is 9.97 Å². The number of hydrogen-bond acceptors (Lipinski definition) is 7. The van der Waals surface area contributed by atoms with Gasteiger partial charge in [0.15, 0.2) is 5.65 Å². The molecular weight excluding hydrogens is 480 g/mol. The molecule has 1 saturated heterocycles. The van der Waals surface area contributed by atoms with Crippen LogP contribution in [0.4, 0.5) is 17.3 Å². The van der Waals surface area contributed by atoms with Gasteiger partial charge in [0.1, 0.15) is 23.0 Å². The molecule has 1 atom stereocenters. The number of anilines is 3. The summed E-state index contributed by atoms with van der Waals surface area (Å²) in [6.07, 6.45) is 2.51. The number of nitrogens with zero attached hydrogens (tertiary/aromatic N) is 4. The average molecular weight is 515 g/mol. The van der Waals surface area contributed by atoms with E-state index in [4.69, 9.17) is 14.7 Å². The van der Waals surface area contributed by atoms with Gasteiger partial charge in [-0.15, -0.1) is 0 Å². The number of fused-ring (bicyclic) bond motifs is 1. The number of aliphatic hydroxyl groups is 1. The number of pyridine rings is 2. The number of morpholine rings is 1. The van der Waals surface area contributed by atoms with E-state index in [-0.39, 0.29) is 18.6 Å². The number of rotatable bonds is 9. The number of imidazole rings is 1. The highest BCUT2D eigenvalue weighted by atomic mass is 16.5. The number of amides is 1. The maximum atomic E-state index is 13.6. The Morgan fingerprint density at radius 3 is 2.55 bits per heavy atom. The number of aliphatic hydroxyl groups excluding tert-OH is 1. The van der Waals surface area contributed by atoms with Crippen molar-refractivity contribution in [2.75, 3.05) is 43.1 Å². The highest BCUT2D eigenvalue weighted by Gasteiger charge is 2.24. The van der Waals surface area contributed by atoms with Crippen LogP contribution in [0.15, 0.2) is 66.9 Å². The molecule has 198 valence electrons. The van der Waals surface area contributed by atoms with Crippen molar-refractivity contribution in [3.05, 3.63) is 72.6 Å². The molecule has 1 aliphatic heterocycles. The average Bonchev–Trinajstić information content (AvgIpc) is 3.34. The lowest BCUT2D eigenvalue weighted by molar-refractivity contribution is 0.0903. The van der Waals surface area contributed by atoms with Crippen molar-refractivity contribution >= 4 is 28.9 Å². The van der Waals surface area contributed by atoms with Crippen molar-refractivity contribution in [3.8, 4) is 11.3 Å². The van der Waals surface area contributed by atoms with Gasteiger partial charge < -0.3 is 25.4 Å². The molecule has 4 heterocycles. The number of benzene rings is 1. The summed E-state index contributed by atoms with van der Waals surface area (Å²) in [6, 6.07) is 19.0. The predicted octanol–water partition coefficient (Wildman–Crippen LogP) is 4.11. The molecule has 4 aromatic rings. The zero-order chi connectivity index (χ0) is 26.5. The second-order valence-electron chi connectivity index (χ2n) is 9.88. The van der Waals surface area contributed by atoms with E-state index in [1.54, 1.807) is 4.40 Å². The van der Waals surface area contributed by atoms with Crippen LogP contribution in [0.2, 0.25) is 0 Å². The molecule has 0 aliphatic carbocycles. The van der Waals surface area contributed by atoms with Gasteiger partial charge in [0.25, 0.3) is 5.91 Å². The van der Waals surface area contributed by atoms with Crippen molar-refractivity contribution in [1.82, 2.24) is 19.7 Å². The van der Waals surface area contributed by atoms with Gasteiger partial charge in [-0.05, 0) is 36.6 Å². The van der Waals surface area contributed by atoms with Crippen LogP contribution in [0.3, 0.4) is 0 Å². The van der Waals surface area contributed by atoms with Crippen molar-refractivity contribution in [3.63, 3.8) is 0 Å². The zero-order valence-electron chi connectivity index (χ0n) is 21.8. The smallest absolute Gasteiger partial charge is 0.270 e. The monoisotopic (exact) mass is 514 g/mol. The molecule has 3 aromatic heterocycles. The number of hydrogen-bond donors (Lipinski definition) is 3. The summed E-state index contributed by atoms with van der Waals surface area (Å²) < 4.78 is 7.27. The van der Waals surface area contributed by atoms with E-state index < -0.39 is 0 Å². The van der Waals surface area contributed by atoms with Crippen LogP contribution in [0.5, 0.6) is 0 Å². The van der Waals surface area contributed by atoms with Gasteiger partial charge in [-0.1, -0.05) is 50.2 Å². The van der Waals surface area contributed by atoms with Crippen LogP contribution in [-0.2, 0) is 4.74 Å². The molecule has 5 rings (SSSR count). The molecule has 0 radical (unpaired) electrons. The largest absolute Gasteiger partial charge is 0.394 e. The summed E-state index contributed by atoms with van der Waals surface area (Å²) in [5, 5.41) is 16.3. The third kappa shape index (κ3) is 5.64. The van der Waals surface area contributed by atoms with Gasteiger partial charge >= 0.3 is 0 Å². The van der Waals surface area contributed by atoms with Gasteiger partial charge in [0.05, 0.1) is 31.5 Å². The Morgan fingerprint density at radius 2 is 1.82 bits per heavy atom. The van der Waals surface area contributed by atoms with Crippen LogP contribution in [0.1, 0.15) is 30.8 Å². The number of carbonyl (C=O) groups excluding carboxylic acids is 1. The molecule has 1 aromatic carbocycles. The summed E-state index contributed by atoms with van der Waals surface area (Å²) in [4.78, 5) is 25.6. The van der Waals surface area contributed by atoms with Gasteiger partial charge in [-0.3, -0.25) is 9.20 Å². The quantitative estimate of drug-likeness (QED) is 0.309. The highest BCUT2D eigenvalue weighted by molar-refractivity contribution is 6.00. The van der Waals surface area contributed by atoms with Crippen molar-refractivity contribution < 1.29 is 14.6 Å². The Hall–Kier alpha value is -3.95. The van der Waals surface area contributed by atoms with Crippen LogP contribution in [0.25, 0.3) is 16.9 Å². The van der Waals surface area contributed by atoms with E-state index in [0.29, 0.717) is 48.4 Å². The van der Waals surface area contributed by atoms with E-state index in [1.165, 1.54) is 0 Å². The van der Waals surface area contributed by atoms with E-state index in [1.807, 2.05) is 66.9 Å². The van der Waals surface area contributed by atoms with Crippen LogP contribution in [0, 0.1) is 5.92 Å². The Balaban J connectivity index is 1.52. The van der Waals surface area contributed by atoms with E-state index in [2.05, 4.69) is 29.4 Å². The second-order valence-corrected chi connectivity index (χ2v) is 9.88. The first-order chi connectivity index (χ1) is 18.5. The van der Waals surface area contributed by atoms with Gasteiger partial charge in [0, 0.05) is 24.8 Å². The first-order valence-electron chi connectivity index (χ1n) is 13.1. The summed E-state index contributed by atoms with van der Waals surface area (Å²) >= 11 is 0. The first kappa shape index (κ1) is 25.7. The fourth-order valence-electron chi connectivity index (χ4n) is 4.78. The minimum atomic E-state index is -0.342. The predicted molar refractivity (Wildman–Crippen MR) is 149 cm³/mol. The minimum Gasteiger partial charge on any atom is -0.394 e. The first-order valence-corrected chi connectivity index (χ1v) is 13.1. The maximum Gasteiger partial charge on any atom is 0.270 e. The molecule has 1 amide bonds. The summed E-state index contributed by atoms with van der Waals surface area (Å²) in [5.74, 6) is 1.63. The van der Waals surface area contributed by atoms with Crippen LogP contribution >= 0.6 is 0 Å². The summed E-state index contributed by atoms with van der Waals surface area (Å²) in [6.45, 7) is 6.99. The third-order valence-electron chi connectivity index (χ3n) is 6.56. The standard InChI is InChI=1S/C29H34N6O3/c1-20(2)18-22(19-36)30-29(37)27-26(21-8-4-3-5-9-21)33-28-23(10-7-13-35(27)28)31-24-11-6-12-25(32-24)34-14-16-38-17-15-34/h3-13,20,22,36H,14-19H2,1-2H3,(H,30,37)(H,31,32)/t22-/m0/s1. The van der Waals surface area contributed by atoms with E-state index >= 15 is 0 Å². The molecule has 38 heavy (non-hydrogen) atoms. The molecule has 0 bridgehead atoms. The Morgan fingerprint density at radius 1 is 1.03 bits per heavy atom. The Labute approximate surface area is 222 Å². The minimum absolute atomic E-state index is 0.126. The van der Waals surface area contributed by atoms with Crippen molar-refractivity contribution in [2.24, 2.45) is 5.92 Å². The molecule has 3 N–H and O–H groups in total. The molecule has 9 heteroatoms. The lowest BCUT2D eigenvalue weighted by Crippen LogP contribution is -2.39. The zero-order valence-corrected chi connectivity index (χ0v) is 21.8. The SMILES string of the molecule is CC(C)C[C@@H](CO)NC(=O)c1c(-c2ccccc2)nc2c(Nc3cccc(N4CCOCC4)n3)cccn12. The number of ether oxygens (including phenoxy) is 1.